The first-order valence-corrected chi connectivity index (χ1v) is 1.90. The van der Waals surface area contributed by atoms with Crippen molar-refractivity contribution in [3.63, 3.8) is 0 Å². The van der Waals surface area contributed by atoms with Crippen molar-refractivity contribution in [1.29, 1.82) is 0 Å². The van der Waals surface area contributed by atoms with Gasteiger partial charge in [0.05, 0.1) is 6.23 Å². The summed E-state index contributed by atoms with van der Waals surface area (Å²) in [5.74, 6) is 0. The van der Waals surface area contributed by atoms with Gasteiger partial charge in [0.15, 0.2) is 0 Å². The van der Waals surface area contributed by atoms with E-state index in [1.807, 2.05) is 0 Å². The summed E-state index contributed by atoms with van der Waals surface area (Å²) in [5.41, 5.74) is 4.95. The summed E-state index contributed by atoms with van der Waals surface area (Å²) in [5, 5.41) is 16.0. The van der Waals surface area contributed by atoms with Gasteiger partial charge in [-0.05, 0) is 6.92 Å². The minimum Gasteiger partial charge on any atom is -0.402 e. The molecule has 0 aliphatic carbocycles. The van der Waals surface area contributed by atoms with Gasteiger partial charge in [0.25, 0.3) is 0 Å². The first-order valence-electron chi connectivity index (χ1n) is 1.90. The first-order chi connectivity index (χ1) is 3.13. The van der Waals surface area contributed by atoms with Crippen molar-refractivity contribution in [2.24, 2.45) is 5.73 Å². The normalized spacial score (nSPS) is 12.0. The molecule has 0 saturated carbocycles. The van der Waals surface area contributed by atoms with E-state index in [1.165, 1.54) is 6.92 Å². The molecular formula is C2H8BCuNO3. The minimum atomic E-state index is -1.75. The van der Waals surface area contributed by atoms with Gasteiger partial charge < -0.3 is 20.4 Å². The zero-order chi connectivity index (χ0) is 5.86. The van der Waals surface area contributed by atoms with Crippen molar-refractivity contribution in [2.75, 3.05) is 0 Å². The number of nitrogens with two attached hydrogens (primary N) is 1. The molecule has 0 aliphatic rings. The Hall–Kier alpha value is 0.424. The molecule has 0 aliphatic heterocycles. The third-order valence-electron chi connectivity index (χ3n) is 0.336. The molecule has 1 radical (unpaired) electrons. The molecule has 0 aromatic rings. The molecule has 6 heteroatoms. The van der Waals surface area contributed by atoms with Gasteiger partial charge in [-0.1, -0.05) is 0 Å². The van der Waals surface area contributed by atoms with E-state index in [9.17, 15) is 0 Å². The molecule has 8 heavy (non-hydrogen) atoms. The Kier molecular flexibility index (Phi) is 7.82. The van der Waals surface area contributed by atoms with Crippen molar-refractivity contribution in [3.8, 4) is 0 Å². The van der Waals surface area contributed by atoms with Crippen molar-refractivity contribution >= 4 is 7.32 Å². The molecular weight excluding hydrogens is 160 g/mol. The van der Waals surface area contributed by atoms with E-state index in [2.05, 4.69) is 4.65 Å². The van der Waals surface area contributed by atoms with Crippen LogP contribution in [0.2, 0.25) is 0 Å². The summed E-state index contributed by atoms with van der Waals surface area (Å²) in [7, 11) is -1.75. The molecule has 0 aromatic carbocycles. The van der Waals surface area contributed by atoms with E-state index in [1.54, 1.807) is 0 Å². The molecule has 0 heterocycles. The Morgan fingerprint density at radius 3 is 2.00 bits per heavy atom. The van der Waals surface area contributed by atoms with E-state index in [0.717, 1.165) is 0 Å². The van der Waals surface area contributed by atoms with Crippen LogP contribution >= 0.6 is 0 Å². The van der Waals surface area contributed by atoms with Gasteiger partial charge in [-0.15, -0.1) is 0 Å². The maximum atomic E-state index is 7.98. The molecule has 0 aromatic heterocycles. The van der Waals surface area contributed by atoms with Crippen LogP contribution in [0.4, 0.5) is 0 Å². The van der Waals surface area contributed by atoms with E-state index < -0.39 is 13.5 Å². The Labute approximate surface area is 58.7 Å². The van der Waals surface area contributed by atoms with Crippen LogP contribution in [0.3, 0.4) is 0 Å². The van der Waals surface area contributed by atoms with E-state index in [-0.39, 0.29) is 17.1 Å². The largest absolute Gasteiger partial charge is 0.635 e. The monoisotopic (exact) mass is 168 g/mol. The molecule has 4 nitrogen and oxygen atoms in total. The standard InChI is InChI=1S/C2H8BNO3.Cu/c1-2(4)7-3(5)6;/h2,5-6H,4H2,1H3;. The second kappa shape index (κ2) is 5.56. The Morgan fingerprint density at radius 1 is 1.62 bits per heavy atom. The second-order valence-electron chi connectivity index (χ2n) is 1.17. The van der Waals surface area contributed by atoms with Crippen LogP contribution in [0.15, 0.2) is 0 Å². The minimum absolute atomic E-state index is 0. The van der Waals surface area contributed by atoms with Gasteiger partial charge in [-0.3, -0.25) is 0 Å². The smallest absolute Gasteiger partial charge is 0.402 e. The molecule has 0 rings (SSSR count). The zero-order valence-corrected chi connectivity index (χ0v) is 5.28. The van der Waals surface area contributed by atoms with Crippen LogP contribution in [-0.4, -0.2) is 23.6 Å². The topological polar surface area (TPSA) is 75.7 Å². The van der Waals surface area contributed by atoms with Gasteiger partial charge in [0.2, 0.25) is 0 Å². The molecule has 1 unspecified atom stereocenters. The third-order valence-corrected chi connectivity index (χ3v) is 0.336. The fourth-order valence-electron chi connectivity index (χ4n) is 0.192. The van der Waals surface area contributed by atoms with Crippen molar-refractivity contribution in [2.45, 2.75) is 13.2 Å². The van der Waals surface area contributed by atoms with Crippen LogP contribution in [-0.2, 0) is 21.7 Å². The van der Waals surface area contributed by atoms with E-state index in [4.69, 9.17) is 15.8 Å². The number of hydrogen-bond acceptors (Lipinski definition) is 4. The molecule has 0 bridgehead atoms. The quantitative estimate of drug-likeness (QED) is 0.339. The number of hydrogen-bond donors (Lipinski definition) is 3. The average Bonchev–Trinajstić information content (AvgIpc) is 1.27. The molecule has 0 fully saturated rings. The van der Waals surface area contributed by atoms with Crippen LogP contribution in [0.5, 0.6) is 0 Å². The fraction of sp³-hybridized carbons (Fsp3) is 1.00. The third kappa shape index (κ3) is 9.66. The van der Waals surface area contributed by atoms with Crippen molar-refractivity contribution in [3.05, 3.63) is 0 Å². The molecule has 0 amide bonds. The SMILES string of the molecule is CC(N)OB(O)O.[Cu]. The Balaban J connectivity index is 0. The zero-order valence-electron chi connectivity index (χ0n) is 4.34. The second-order valence-corrected chi connectivity index (χ2v) is 1.17. The van der Waals surface area contributed by atoms with E-state index in [0.29, 0.717) is 0 Å². The van der Waals surface area contributed by atoms with Crippen LogP contribution < -0.4 is 5.73 Å². The summed E-state index contributed by atoms with van der Waals surface area (Å²) in [4.78, 5) is 0. The molecule has 0 spiro atoms. The summed E-state index contributed by atoms with van der Waals surface area (Å²) in [6.45, 7) is 1.50. The summed E-state index contributed by atoms with van der Waals surface area (Å²) in [6, 6.07) is 0. The number of rotatable bonds is 2. The van der Waals surface area contributed by atoms with Crippen molar-refractivity contribution < 1.29 is 31.8 Å². The summed E-state index contributed by atoms with van der Waals surface area (Å²) < 4.78 is 4.14. The fourth-order valence-corrected chi connectivity index (χ4v) is 0.192. The molecule has 4 N–H and O–H groups in total. The maximum absolute atomic E-state index is 7.98. The maximum Gasteiger partial charge on any atom is 0.635 e. The van der Waals surface area contributed by atoms with Crippen molar-refractivity contribution in [1.82, 2.24) is 0 Å². The first kappa shape index (κ1) is 11.3. The summed E-state index contributed by atoms with van der Waals surface area (Å²) >= 11 is 0. The molecule has 0 saturated heterocycles. The van der Waals surface area contributed by atoms with Gasteiger partial charge in [-0.2, -0.15) is 0 Å². The average molecular weight is 168 g/mol. The van der Waals surface area contributed by atoms with Gasteiger partial charge in [0, 0.05) is 17.1 Å². The Bertz CT molecular complexity index is 46.5. The predicted octanol–water partition coefficient (Wildman–Crippen LogP) is -1.73. The predicted molar refractivity (Wildman–Crippen MR) is 24.9 cm³/mol. The Morgan fingerprint density at radius 2 is 2.00 bits per heavy atom. The van der Waals surface area contributed by atoms with Gasteiger partial charge in [-0.25, -0.2) is 0 Å². The molecule has 1 atom stereocenters. The van der Waals surface area contributed by atoms with Crippen LogP contribution in [0.25, 0.3) is 0 Å². The van der Waals surface area contributed by atoms with E-state index >= 15 is 0 Å². The van der Waals surface area contributed by atoms with Gasteiger partial charge >= 0.3 is 7.32 Å². The van der Waals surface area contributed by atoms with Crippen LogP contribution in [0.1, 0.15) is 6.92 Å². The summed E-state index contributed by atoms with van der Waals surface area (Å²) in [6.07, 6.45) is -0.625. The van der Waals surface area contributed by atoms with Gasteiger partial charge in [0.1, 0.15) is 0 Å². The van der Waals surface area contributed by atoms with Crippen LogP contribution in [0, 0.1) is 0 Å². The molecule has 53 valence electrons.